The number of hydrogen-bond acceptors (Lipinski definition) is 0. The van der Waals surface area contributed by atoms with Crippen molar-refractivity contribution in [3.05, 3.63) is 0 Å². The molecule has 0 spiro atoms. The van der Waals surface area contributed by atoms with Gasteiger partial charge in [0.25, 0.3) is 0 Å². The van der Waals surface area contributed by atoms with Gasteiger partial charge in [0, 0.05) is 17.1 Å². The van der Waals surface area contributed by atoms with Crippen molar-refractivity contribution in [2.45, 2.75) is 0 Å². The zero-order valence-electron chi connectivity index (χ0n) is 2.04. The topological polar surface area (TPSA) is 0 Å². The predicted molar refractivity (Wildman–Crippen MR) is 15.8 cm³/mol. The standard InChI is InChI=1S/4FH.Se/h4*1H;. The molecule has 38 valence electrons. The molecule has 0 aliphatic carbocycles. The van der Waals surface area contributed by atoms with Crippen LogP contribution in [0.1, 0.15) is 0 Å². The number of hydrogen-bond donors (Lipinski definition) is 0. The third-order valence-corrected chi connectivity index (χ3v) is 0. The van der Waals surface area contributed by atoms with Crippen molar-refractivity contribution in [1.29, 1.82) is 0 Å². The molecule has 5 heteroatoms. The van der Waals surface area contributed by atoms with Crippen LogP contribution in [0.4, 0.5) is 18.8 Å². The molecule has 0 unspecified atom stereocenters. The fourth-order valence-electron chi connectivity index (χ4n) is 0. The van der Waals surface area contributed by atoms with Gasteiger partial charge in [0.2, 0.25) is 0 Å². The first-order chi connectivity index (χ1) is 0. The van der Waals surface area contributed by atoms with Gasteiger partial charge >= 0.3 is 0 Å². The molecule has 0 amide bonds. The van der Waals surface area contributed by atoms with Gasteiger partial charge in [0.15, 0.2) is 0 Å². The molecule has 0 aromatic heterocycles. The minimum Gasteiger partial charge on any atom is -0.269 e. The Kier molecular flexibility index (Phi) is 255000. The van der Waals surface area contributed by atoms with Crippen LogP contribution in [0.25, 0.3) is 0 Å². The van der Waals surface area contributed by atoms with Crippen molar-refractivity contribution < 1.29 is 18.8 Å². The van der Waals surface area contributed by atoms with Crippen LogP contribution in [-0.2, 0) is 0 Å². The summed E-state index contributed by atoms with van der Waals surface area (Å²) in [6.07, 6.45) is 0. The first kappa shape index (κ1) is 1640. The molecule has 0 N–H and O–H groups in total. The van der Waals surface area contributed by atoms with Gasteiger partial charge in [-0.1, -0.05) is 0 Å². The summed E-state index contributed by atoms with van der Waals surface area (Å²) >= 11 is 0. The quantitative estimate of drug-likeness (QED) is 0.350. The summed E-state index contributed by atoms with van der Waals surface area (Å²) in [4.78, 5) is 0. The summed E-state index contributed by atoms with van der Waals surface area (Å²) in [6.45, 7) is 0. The average molecular weight is 159 g/mol. The van der Waals surface area contributed by atoms with Gasteiger partial charge in [-0.15, -0.1) is 0 Å². The molecular weight excluding hydrogens is 155 g/mol. The molecule has 0 fully saturated rings. The van der Waals surface area contributed by atoms with E-state index in [1.54, 1.807) is 0 Å². The van der Waals surface area contributed by atoms with Crippen molar-refractivity contribution in [2.75, 3.05) is 0 Å². The van der Waals surface area contributed by atoms with E-state index in [1.807, 2.05) is 0 Å². The van der Waals surface area contributed by atoms with E-state index in [4.69, 9.17) is 0 Å². The normalized spacial score (nSPS) is 0. The van der Waals surface area contributed by atoms with Crippen LogP contribution < -0.4 is 0 Å². The summed E-state index contributed by atoms with van der Waals surface area (Å²) < 4.78 is 0. The zero-order chi connectivity index (χ0) is 0. The predicted octanol–water partition coefficient (Wildman–Crippen LogP) is 0.229. The maximum Gasteiger partial charge on any atom is 0 e. The van der Waals surface area contributed by atoms with Gasteiger partial charge in [-0.25, -0.2) is 0 Å². The summed E-state index contributed by atoms with van der Waals surface area (Å²) in [7, 11) is 0. The minimum atomic E-state index is 0. The Labute approximate surface area is 36.9 Å². The third kappa shape index (κ3) is 371. The van der Waals surface area contributed by atoms with Gasteiger partial charge in [0.1, 0.15) is 0 Å². The summed E-state index contributed by atoms with van der Waals surface area (Å²) in [5.74, 6) is 0. The van der Waals surface area contributed by atoms with Crippen molar-refractivity contribution >= 4 is 17.1 Å². The second-order valence-electron chi connectivity index (χ2n) is 0. The largest absolute Gasteiger partial charge is 0.269 e. The van der Waals surface area contributed by atoms with Crippen LogP contribution in [0.5, 0.6) is 0 Å². The third-order valence-electron chi connectivity index (χ3n) is 0. The fraction of sp³-hybridized carbons (Fsp3) is 0. The second-order valence-corrected chi connectivity index (χ2v) is 0. The van der Waals surface area contributed by atoms with Crippen LogP contribution >= 0.6 is 0 Å². The molecule has 5 heavy (non-hydrogen) atoms. The number of halogens is 4. The molecule has 0 aromatic carbocycles. The fourth-order valence-corrected chi connectivity index (χ4v) is 0. The van der Waals surface area contributed by atoms with Crippen molar-refractivity contribution in [1.82, 2.24) is 0 Å². The molecule has 0 nitrogen and oxygen atoms in total. The van der Waals surface area contributed by atoms with E-state index in [1.165, 1.54) is 0 Å². The Balaban J connectivity index is 0. The summed E-state index contributed by atoms with van der Waals surface area (Å²) in [5.41, 5.74) is 0. The van der Waals surface area contributed by atoms with Gasteiger partial charge in [-0.05, 0) is 0 Å². The molecule has 0 saturated carbocycles. The maximum absolute atomic E-state index is 0. The first-order valence-electron chi connectivity index (χ1n) is 0. The molecule has 0 aliphatic heterocycles. The zero-order valence-corrected chi connectivity index (χ0v) is 3.75. The molecule has 0 saturated heterocycles. The Morgan fingerprint density at radius 1 is 0.400 bits per heavy atom. The van der Waals surface area contributed by atoms with E-state index in [2.05, 4.69) is 0 Å². The molecule has 0 atom stereocenters. The van der Waals surface area contributed by atoms with Crippen LogP contribution in [0.3, 0.4) is 0 Å². The monoisotopic (exact) mass is 160 g/mol. The molecule has 2 radical (unpaired) electrons. The Morgan fingerprint density at radius 3 is 0.400 bits per heavy atom. The van der Waals surface area contributed by atoms with Gasteiger partial charge in [-0.2, -0.15) is 0 Å². The Bertz CT molecular complexity index is 3.61. The molecule has 0 heterocycles. The minimum absolute atomic E-state index is 0. The second kappa shape index (κ2) is 776. The van der Waals surface area contributed by atoms with E-state index < -0.39 is 0 Å². The molecular formula is H4F4Se. The van der Waals surface area contributed by atoms with Crippen LogP contribution in [0.15, 0.2) is 0 Å². The molecule has 0 rings (SSSR count). The van der Waals surface area contributed by atoms with E-state index >= 15 is 0 Å². The van der Waals surface area contributed by atoms with Crippen molar-refractivity contribution in [3.63, 3.8) is 0 Å². The van der Waals surface area contributed by atoms with E-state index in [-0.39, 0.29) is 35.9 Å². The van der Waals surface area contributed by atoms with E-state index in [9.17, 15) is 0 Å². The van der Waals surface area contributed by atoms with Crippen molar-refractivity contribution in [3.8, 4) is 0 Å². The van der Waals surface area contributed by atoms with Crippen LogP contribution in [0.2, 0.25) is 0 Å². The molecule has 0 aromatic rings. The number of rotatable bonds is 0. The van der Waals surface area contributed by atoms with E-state index in [0.29, 0.717) is 0 Å². The first-order valence-corrected chi connectivity index (χ1v) is 0. The Hall–Kier alpha value is 0.239. The maximum atomic E-state index is 0. The van der Waals surface area contributed by atoms with Gasteiger partial charge in [-0.3, -0.25) is 18.8 Å². The van der Waals surface area contributed by atoms with Crippen molar-refractivity contribution in [2.24, 2.45) is 0 Å². The smallest absolute Gasteiger partial charge is 0 e. The molecule has 0 bridgehead atoms. The summed E-state index contributed by atoms with van der Waals surface area (Å²) in [6, 6.07) is 0. The SMILES string of the molecule is F.F.F.F.[Se]. The summed E-state index contributed by atoms with van der Waals surface area (Å²) in [5, 5.41) is 0. The van der Waals surface area contributed by atoms with Gasteiger partial charge in [0.05, 0.1) is 0 Å². The Morgan fingerprint density at radius 2 is 0.400 bits per heavy atom. The van der Waals surface area contributed by atoms with Crippen LogP contribution in [0, 0.1) is 0 Å². The van der Waals surface area contributed by atoms with E-state index in [0.717, 1.165) is 0 Å². The van der Waals surface area contributed by atoms with Crippen LogP contribution in [-0.4, -0.2) is 17.1 Å². The van der Waals surface area contributed by atoms with Gasteiger partial charge < -0.3 is 0 Å². The molecule has 0 aliphatic rings. The average Bonchev–Trinajstić information content (AvgIpc) is 0.